The Kier molecular flexibility index (Phi) is 3.03. The zero-order valence-corrected chi connectivity index (χ0v) is 9.30. The fourth-order valence-electron chi connectivity index (χ4n) is 2.06. The molecule has 1 amide bonds. The third-order valence-corrected chi connectivity index (χ3v) is 3.04. The van der Waals surface area contributed by atoms with E-state index in [4.69, 9.17) is 0 Å². The Balaban J connectivity index is 1.98. The number of aromatic nitrogens is 2. The molecule has 16 heavy (non-hydrogen) atoms. The maximum atomic E-state index is 11.1. The zero-order chi connectivity index (χ0) is 11.5. The van der Waals surface area contributed by atoms with E-state index in [0.717, 1.165) is 32.2 Å². The molecule has 1 fully saturated rings. The number of rotatable bonds is 2. The number of carbonyl (C=O) groups excluding carboxylic acids is 2. The van der Waals surface area contributed by atoms with E-state index in [0.29, 0.717) is 11.6 Å². The Bertz CT molecular complexity index is 392. The van der Waals surface area contributed by atoms with Crippen molar-refractivity contribution in [2.75, 3.05) is 13.1 Å². The van der Waals surface area contributed by atoms with E-state index in [1.165, 1.54) is 0 Å². The van der Waals surface area contributed by atoms with Gasteiger partial charge in [-0.05, 0) is 12.8 Å². The van der Waals surface area contributed by atoms with E-state index in [1.54, 1.807) is 19.3 Å². The quantitative estimate of drug-likeness (QED) is 0.696. The molecule has 0 atom stereocenters. The largest absolute Gasteiger partial charge is 0.343 e. The van der Waals surface area contributed by atoms with Gasteiger partial charge in [0.15, 0.2) is 6.29 Å². The molecule has 0 radical (unpaired) electrons. The van der Waals surface area contributed by atoms with Crippen molar-refractivity contribution in [1.82, 2.24) is 14.7 Å². The molecule has 86 valence electrons. The van der Waals surface area contributed by atoms with Crippen molar-refractivity contribution >= 4 is 12.2 Å². The third kappa shape index (κ3) is 2.13. The van der Waals surface area contributed by atoms with E-state index in [1.807, 2.05) is 9.58 Å². The van der Waals surface area contributed by atoms with E-state index in [2.05, 4.69) is 5.10 Å². The summed E-state index contributed by atoms with van der Waals surface area (Å²) in [5.41, 5.74) is 0.606. The second-order valence-corrected chi connectivity index (χ2v) is 4.11. The summed E-state index contributed by atoms with van der Waals surface area (Å²) in [6.45, 7) is 3.14. The van der Waals surface area contributed by atoms with Gasteiger partial charge < -0.3 is 4.90 Å². The van der Waals surface area contributed by atoms with E-state index in [-0.39, 0.29) is 5.91 Å². The summed E-state index contributed by atoms with van der Waals surface area (Å²) < 4.78 is 1.83. The summed E-state index contributed by atoms with van der Waals surface area (Å²) in [7, 11) is 0. The minimum absolute atomic E-state index is 0.132. The lowest BCUT2D eigenvalue weighted by Gasteiger charge is -2.31. The van der Waals surface area contributed by atoms with Gasteiger partial charge in [0.05, 0.1) is 17.8 Å². The highest BCUT2D eigenvalue weighted by molar-refractivity contribution is 5.73. The SMILES string of the molecule is CC(=O)N1CCC(n2cc(C=O)cn2)CC1. The van der Waals surface area contributed by atoms with Gasteiger partial charge in [-0.3, -0.25) is 14.3 Å². The highest BCUT2D eigenvalue weighted by atomic mass is 16.2. The lowest BCUT2D eigenvalue weighted by molar-refractivity contribution is -0.130. The first-order chi connectivity index (χ1) is 7.70. The lowest BCUT2D eigenvalue weighted by atomic mass is 10.1. The van der Waals surface area contributed by atoms with Crippen LogP contribution in [0.5, 0.6) is 0 Å². The number of aldehydes is 1. The highest BCUT2D eigenvalue weighted by Crippen LogP contribution is 2.21. The third-order valence-electron chi connectivity index (χ3n) is 3.04. The molecule has 2 heterocycles. The van der Waals surface area contributed by atoms with Crippen molar-refractivity contribution in [3.05, 3.63) is 18.0 Å². The standard InChI is InChI=1S/C11H15N3O2/c1-9(16)13-4-2-11(3-5-13)14-7-10(8-15)6-12-14/h6-8,11H,2-5H2,1H3. The topological polar surface area (TPSA) is 55.2 Å². The van der Waals surface area contributed by atoms with Crippen LogP contribution in [-0.2, 0) is 4.79 Å². The van der Waals surface area contributed by atoms with Gasteiger partial charge in [-0.2, -0.15) is 5.10 Å². The molecule has 5 heteroatoms. The maximum absolute atomic E-state index is 11.1. The molecule has 0 unspecified atom stereocenters. The van der Waals surface area contributed by atoms with Crippen molar-refractivity contribution in [3.8, 4) is 0 Å². The Hall–Kier alpha value is -1.65. The summed E-state index contributed by atoms with van der Waals surface area (Å²) in [5, 5.41) is 4.16. The fourth-order valence-corrected chi connectivity index (χ4v) is 2.06. The molecule has 0 saturated carbocycles. The monoisotopic (exact) mass is 221 g/mol. The molecule has 1 aromatic heterocycles. The molecule has 5 nitrogen and oxygen atoms in total. The van der Waals surface area contributed by atoms with Gasteiger partial charge in [-0.1, -0.05) is 0 Å². The molecule has 1 aliphatic rings. The number of carbonyl (C=O) groups is 2. The van der Waals surface area contributed by atoms with Crippen molar-refractivity contribution in [1.29, 1.82) is 0 Å². The van der Waals surface area contributed by atoms with Crippen LogP contribution in [0.4, 0.5) is 0 Å². The average molecular weight is 221 g/mol. The van der Waals surface area contributed by atoms with Gasteiger partial charge in [0, 0.05) is 26.2 Å². The number of amides is 1. The van der Waals surface area contributed by atoms with Crippen molar-refractivity contribution in [2.45, 2.75) is 25.8 Å². The minimum Gasteiger partial charge on any atom is -0.343 e. The Morgan fingerprint density at radius 1 is 1.50 bits per heavy atom. The molecule has 0 aliphatic carbocycles. The Labute approximate surface area is 94.0 Å². The highest BCUT2D eigenvalue weighted by Gasteiger charge is 2.22. The van der Waals surface area contributed by atoms with Crippen molar-refractivity contribution < 1.29 is 9.59 Å². The second kappa shape index (κ2) is 4.47. The average Bonchev–Trinajstić information content (AvgIpc) is 2.77. The first-order valence-electron chi connectivity index (χ1n) is 5.45. The number of piperidine rings is 1. The molecule has 0 spiro atoms. The minimum atomic E-state index is 0.132. The zero-order valence-electron chi connectivity index (χ0n) is 9.30. The molecule has 1 aromatic rings. The normalized spacial score (nSPS) is 17.4. The van der Waals surface area contributed by atoms with Crippen LogP contribution in [0.25, 0.3) is 0 Å². The smallest absolute Gasteiger partial charge is 0.219 e. The van der Waals surface area contributed by atoms with Gasteiger partial charge in [-0.25, -0.2) is 0 Å². The lowest BCUT2D eigenvalue weighted by Crippen LogP contribution is -2.37. The molecular weight excluding hydrogens is 206 g/mol. The maximum Gasteiger partial charge on any atom is 0.219 e. The van der Waals surface area contributed by atoms with Crippen LogP contribution < -0.4 is 0 Å². The van der Waals surface area contributed by atoms with Crippen molar-refractivity contribution in [2.24, 2.45) is 0 Å². The summed E-state index contributed by atoms with van der Waals surface area (Å²) in [5.74, 6) is 0.132. The summed E-state index contributed by atoms with van der Waals surface area (Å²) in [6, 6.07) is 0.310. The number of nitrogens with zero attached hydrogens (tertiary/aromatic N) is 3. The molecule has 0 aromatic carbocycles. The summed E-state index contributed by atoms with van der Waals surface area (Å²) in [4.78, 5) is 23.5. The fraction of sp³-hybridized carbons (Fsp3) is 0.545. The first kappa shape index (κ1) is 10.9. The number of hydrogen-bond donors (Lipinski definition) is 0. The predicted octanol–water partition coefficient (Wildman–Crippen LogP) is 0.879. The molecular formula is C11H15N3O2. The molecule has 1 aliphatic heterocycles. The molecule has 1 saturated heterocycles. The van der Waals surface area contributed by atoms with Gasteiger partial charge in [0.1, 0.15) is 0 Å². The second-order valence-electron chi connectivity index (χ2n) is 4.11. The van der Waals surface area contributed by atoms with Crippen LogP contribution in [0.3, 0.4) is 0 Å². The molecule has 0 N–H and O–H groups in total. The molecule has 0 bridgehead atoms. The summed E-state index contributed by atoms with van der Waals surface area (Å²) >= 11 is 0. The van der Waals surface area contributed by atoms with Crippen LogP contribution in [0.15, 0.2) is 12.4 Å². The number of likely N-dealkylation sites (tertiary alicyclic amines) is 1. The van der Waals surface area contributed by atoms with Crippen LogP contribution in [-0.4, -0.2) is 40.0 Å². The van der Waals surface area contributed by atoms with Crippen LogP contribution >= 0.6 is 0 Å². The van der Waals surface area contributed by atoms with Crippen LogP contribution in [0, 0.1) is 0 Å². The van der Waals surface area contributed by atoms with E-state index >= 15 is 0 Å². The Morgan fingerprint density at radius 3 is 2.69 bits per heavy atom. The first-order valence-corrected chi connectivity index (χ1v) is 5.45. The summed E-state index contributed by atoms with van der Waals surface area (Å²) in [6.07, 6.45) is 5.94. The van der Waals surface area contributed by atoms with Gasteiger partial charge in [0.25, 0.3) is 0 Å². The molecule has 2 rings (SSSR count). The van der Waals surface area contributed by atoms with Gasteiger partial charge in [0.2, 0.25) is 5.91 Å². The Morgan fingerprint density at radius 2 is 2.19 bits per heavy atom. The van der Waals surface area contributed by atoms with Gasteiger partial charge >= 0.3 is 0 Å². The van der Waals surface area contributed by atoms with Crippen LogP contribution in [0.2, 0.25) is 0 Å². The van der Waals surface area contributed by atoms with Crippen molar-refractivity contribution in [3.63, 3.8) is 0 Å². The van der Waals surface area contributed by atoms with E-state index in [9.17, 15) is 9.59 Å². The number of hydrogen-bond acceptors (Lipinski definition) is 3. The van der Waals surface area contributed by atoms with Crippen LogP contribution in [0.1, 0.15) is 36.2 Å². The van der Waals surface area contributed by atoms with Gasteiger partial charge in [-0.15, -0.1) is 0 Å². The predicted molar refractivity (Wildman–Crippen MR) is 58.1 cm³/mol. The van der Waals surface area contributed by atoms with E-state index < -0.39 is 0 Å².